The normalized spacial score (nSPS) is 19.7. The van der Waals surface area contributed by atoms with E-state index < -0.39 is 42.3 Å². The first-order valence-electron chi connectivity index (χ1n) is 8.06. The second-order valence-electron chi connectivity index (χ2n) is 6.02. The Morgan fingerprint density at radius 3 is 2.46 bits per heavy atom. The Labute approximate surface area is 140 Å². The average Bonchev–Trinajstić information content (AvgIpc) is 3.05. The summed E-state index contributed by atoms with van der Waals surface area (Å²) in [6.07, 6.45) is 1.57. The topological polar surface area (TPSA) is 147 Å². The van der Waals surface area contributed by atoms with Crippen molar-refractivity contribution in [2.45, 2.75) is 45.2 Å². The van der Waals surface area contributed by atoms with Gasteiger partial charge in [-0.25, -0.2) is 0 Å². The van der Waals surface area contributed by atoms with Crippen LogP contribution in [0.1, 0.15) is 33.1 Å². The first kappa shape index (κ1) is 20.0. The molecule has 3 amide bonds. The molecule has 136 valence electrons. The van der Waals surface area contributed by atoms with Crippen LogP contribution < -0.4 is 11.5 Å². The van der Waals surface area contributed by atoms with Crippen molar-refractivity contribution in [3.8, 4) is 0 Å². The number of imide groups is 1. The molecular formula is C15H26N4O5. The molecule has 1 heterocycles. The minimum atomic E-state index is -1.32. The predicted molar refractivity (Wildman–Crippen MR) is 85.6 cm³/mol. The molecule has 0 aliphatic carbocycles. The summed E-state index contributed by atoms with van der Waals surface area (Å²) < 4.78 is 0. The number of hydrogen-bond donors (Lipinski definition) is 3. The van der Waals surface area contributed by atoms with Crippen LogP contribution in [0, 0.1) is 5.92 Å². The minimum absolute atomic E-state index is 0.202. The highest BCUT2D eigenvalue weighted by Gasteiger charge is 2.40. The fourth-order valence-corrected chi connectivity index (χ4v) is 2.70. The second-order valence-corrected chi connectivity index (χ2v) is 6.02. The number of carbonyl (C=O) groups excluding carboxylic acids is 3. The zero-order valence-electron chi connectivity index (χ0n) is 14.1. The molecule has 1 saturated heterocycles. The van der Waals surface area contributed by atoms with Crippen LogP contribution in [0.15, 0.2) is 0 Å². The molecule has 1 aliphatic rings. The van der Waals surface area contributed by atoms with Gasteiger partial charge in [-0.05, 0) is 18.8 Å². The Morgan fingerprint density at radius 1 is 1.33 bits per heavy atom. The van der Waals surface area contributed by atoms with E-state index in [1.165, 1.54) is 4.90 Å². The van der Waals surface area contributed by atoms with Crippen LogP contribution in [-0.2, 0) is 19.2 Å². The molecule has 9 heteroatoms. The molecule has 24 heavy (non-hydrogen) atoms. The molecule has 9 nitrogen and oxygen atoms in total. The summed E-state index contributed by atoms with van der Waals surface area (Å²) in [5, 5.41) is 9.04. The quantitative estimate of drug-likeness (QED) is 0.523. The fourth-order valence-electron chi connectivity index (χ4n) is 2.70. The summed E-state index contributed by atoms with van der Waals surface area (Å²) in [5.74, 6) is -3.36. The molecule has 0 aromatic rings. The van der Waals surface area contributed by atoms with Crippen molar-refractivity contribution in [2.24, 2.45) is 17.4 Å². The summed E-state index contributed by atoms with van der Waals surface area (Å²) in [4.78, 5) is 50.1. The van der Waals surface area contributed by atoms with Gasteiger partial charge in [0.05, 0.1) is 12.6 Å². The molecule has 0 radical (unpaired) electrons. The number of nitrogens with zero attached hydrogens (tertiary/aromatic N) is 2. The van der Waals surface area contributed by atoms with Crippen LogP contribution in [-0.4, -0.2) is 70.3 Å². The fraction of sp³-hybridized carbons (Fsp3) is 0.733. The lowest BCUT2D eigenvalue weighted by Gasteiger charge is -2.30. The SMILES string of the molecule is CC[C@H](C)[C@H](N)C(=O)N(CC(=O)O)C(=O)[C@@H]1CCCN1C(=O)CN. The standard InChI is InChI=1S/C15H26N4O5/c1-3-9(2)13(17)15(24)19(8-12(21)22)14(23)10-5-4-6-18(10)11(20)7-16/h9-10,13H,3-8,16-17H2,1-2H3,(H,21,22)/t9-,10-,13-/m0/s1. The van der Waals surface area contributed by atoms with Gasteiger partial charge in [-0.2, -0.15) is 0 Å². The van der Waals surface area contributed by atoms with Gasteiger partial charge in [-0.3, -0.25) is 24.1 Å². The van der Waals surface area contributed by atoms with Crippen molar-refractivity contribution in [3.63, 3.8) is 0 Å². The van der Waals surface area contributed by atoms with E-state index in [0.717, 1.165) is 0 Å². The molecule has 0 bridgehead atoms. The first-order valence-corrected chi connectivity index (χ1v) is 8.06. The van der Waals surface area contributed by atoms with E-state index in [4.69, 9.17) is 16.6 Å². The monoisotopic (exact) mass is 342 g/mol. The number of rotatable bonds is 7. The van der Waals surface area contributed by atoms with E-state index in [9.17, 15) is 19.2 Å². The molecule has 0 saturated carbocycles. The largest absolute Gasteiger partial charge is 0.480 e. The number of amides is 3. The maximum Gasteiger partial charge on any atom is 0.323 e. The Kier molecular flexibility index (Phi) is 7.30. The number of hydrogen-bond acceptors (Lipinski definition) is 6. The third-order valence-electron chi connectivity index (χ3n) is 4.40. The Hall–Kier alpha value is -2.00. The third-order valence-corrected chi connectivity index (χ3v) is 4.40. The minimum Gasteiger partial charge on any atom is -0.480 e. The van der Waals surface area contributed by atoms with Crippen molar-refractivity contribution >= 4 is 23.7 Å². The Morgan fingerprint density at radius 2 is 1.96 bits per heavy atom. The molecule has 5 N–H and O–H groups in total. The van der Waals surface area contributed by atoms with Gasteiger partial charge in [0.1, 0.15) is 12.6 Å². The van der Waals surface area contributed by atoms with Gasteiger partial charge in [-0.15, -0.1) is 0 Å². The molecule has 3 atom stereocenters. The molecule has 0 aromatic heterocycles. The first-order chi connectivity index (χ1) is 11.2. The van der Waals surface area contributed by atoms with E-state index in [2.05, 4.69) is 0 Å². The summed E-state index contributed by atoms with van der Waals surface area (Å²) >= 11 is 0. The van der Waals surface area contributed by atoms with Crippen molar-refractivity contribution in [1.29, 1.82) is 0 Å². The molecule has 1 rings (SSSR count). The maximum atomic E-state index is 12.7. The van der Waals surface area contributed by atoms with Crippen LogP contribution in [0.25, 0.3) is 0 Å². The number of carboxylic acid groups (broad SMARTS) is 1. The number of carboxylic acids is 1. The van der Waals surface area contributed by atoms with Crippen LogP contribution >= 0.6 is 0 Å². The highest BCUT2D eigenvalue weighted by Crippen LogP contribution is 2.20. The molecule has 1 fully saturated rings. The van der Waals surface area contributed by atoms with E-state index in [1.54, 1.807) is 6.92 Å². The number of likely N-dealkylation sites (tertiary alicyclic amines) is 1. The summed E-state index contributed by atoms with van der Waals surface area (Å²) in [5.41, 5.74) is 11.2. The molecule has 0 aromatic carbocycles. The number of nitrogens with two attached hydrogens (primary N) is 2. The summed E-state index contributed by atoms with van der Waals surface area (Å²) in [6, 6.07) is -1.84. The van der Waals surface area contributed by atoms with E-state index >= 15 is 0 Å². The number of aliphatic carboxylic acids is 1. The molecule has 1 aliphatic heterocycles. The van der Waals surface area contributed by atoms with Crippen molar-refractivity contribution in [3.05, 3.63) is 0 Å². The Bertz CT molecular complexity index is 510. The molecule has 0 unspecified atom stereocenters. The van der Waals surface area contributed by atoms with E-state index in [0.29, 0.717) is 30.7 Å². The van der Waals surface area contributed by atoms with Crippen molar-refractivity contribution in [2.75, 3.05) is 19.6 Å². The van der Waals surface area contributed by atoms with Crippen LogP contribution in [0.3, 0.4) is 0 Å². The van der Waals surface area contributed by atoms with Gasteiger partial charge in [-0.1, -0.05) is 20.3 Å². The van der Waals surface area contributed by atoms with Crippen LogP contribution in [0.5, 0.6) is 0 Å². The average molecular weight is 342 g/mol. The van der Waals surface area contributed by atoms with Crippen LogP contribution in [0.2, 0.25) is 0 Å². The predicted octanol–water partition coefficient (Wildman–Crippen LogP) is -1.25. The maximum absolute atomic E-state index is 12.7. The van der Waals surface area contributed by atoms with Gasteiger partial charge in [0.15, 0.2) is 0 Å². The summed E-state index contributed by atoms with van der Waals surface area (Å²) in [7, 11) is 0. The smallest absolute Gasteiger partial charge is 0.323 e. The Balaban J connectivity index is 3.02. The zero-order valence-corrected chi connectivity index (χ0v) is 14.1. The van der Waals surface area contributed by atoms with Crippen LogP contribution in [0.4, 0.5) is 0 Å². The summed E-state index contributed by atoms with van der Waals surface area (Å²) in [6.45, 7) is 2.94. The lowest BCUT2D eigenvalue weighted by atomic mass is 9.98. The molecular weight excluding hydrogens is 316 g/mol. The second kappa shape index (κ2) is 8.74. The van der Waals surface area contributed by atoms with Gasteiger partial charge in [0.2, 0.25) is 11.8 Å². The van der Waals surface area contributed by atoms with Crippen molar-refractivity contribution < 1.29 is 24.3 Å². The van der Waals surface area contributed by atoms with Gasteiger partial charge in [0.25, 0.3) is 5.91 Å². The van der Waals surface area contributed by atoms with Gasteiger partial charge >= 0.3 is 5.97 Å². The van der Waals surface area contributed by atoms with E-state index in [-0.39, 0.29) is 12.5 Å². The molecule has 0 spiro atoms. The highest BCUT2D eigenvalue weighted by molar-refractivity contribution is 6.03. The lowest BCUT2D eigenvalue weighted by molar-refractivity contribution is -0.157. The zero-order chi connectivity index (χ0) is 18.4. The lowest BCUT2D eigenvalue weighted by Crippen LogP contribution is -2.56. The van der Waals surface area contributed by atoms with Crippen molar-refractivity contribution in [1.82, 2.24) is 9.80 Å². The van der Waals surface area contributed by atoms with E-state index in [1.807, 2.05) is 6.92 Å². The van der Waals surface area contributed by atoms with Gasteiger partial charge < -0.3 is 21.5 Å². The van der Waals surface area contributed by atoms with Gasteiger partial charge in [0, 0.05) is 6.54 Å². The third kappa shape index (κ3) is 4.51. The highest BCUT2D eigenvalue weighted by atomic mass is 16.4. The number of carbonyl (C=O) groups is 4.